The van der Waals surface area contributed by atoms with Crippen LogP contribution in [-0.4, -0.2) is 38.8 Å². The summed E-state index contributed by atoms with van der Waals surface area (Å²) >= 11 is 0. The van der Waals surface area contributed by atoms with Crippen LogP contribution in [0, 0.1) is 6.92 Å². The molecule has 25 heavy (non-hydrogen) atoms. The van der Waals surface area contributed by atoms with Crippen molar-refractivity contribution in [1.82, 2.24) is 0 Å². The van der Waals surface area contributed by atoms with Gasteiger partial charge in [0.15, 0.2) is 15.6 Å². The molecule has 0 bridgehead atoms. The van der Waals surface area contributed by atoms with Gasteiger partial charge in [-0.1, -0.05) is 6.07 Å². The van der Waals surface area contributed by atoms with E-state index in [1.165, 1.54) is 13.0 Å². The Bertz CT molecular complexity index is 780. The van der Waals surface area contributed by atoms with E-state index in [9.17, 15) is 13.2 Å². The van der Waals surface area contributed by atoms with Crippen LogP contribution in [0.15, 0.2) is 17.0 Å². The highest BCUT2D eigenvalue weighted by Crippen LogP contribution is 2.38. The van der Waals surface area contributed by atoms with Crippen LogP contribution in [0.3, 0.4) is 0 Å². The van der Waals surface area contributed by atoms with Gasteiger partial charge < -0.3 is 9.31 Å². The fraction of sp³-hybridized carbons (Fsp3) is 0.611. The van der Waals surface area contributed by atoms with E-state index in [0.29, 0.717) is 18.3 Å². The predicted molar refractivity (Wildman–Crippen MR) is 98.9 cm³/mol. The molecule has 0 spiro atoms. The summed E-state index contributed by atoms with van der Waals surface area (Å²) in [5.41, 5.74) is 1.18. The number of carbonyl (C=O) groups excluding carboxylic acids is 1. The monoisotopic (exact) mass is 366 g/mol. The van der Waals surface area contributed by atoms with Gasteiger partial charge in [0.05, 0.1) is 16.1 Å². The zero-order valence-electron chi connectivity index (χ0n) is 16.1. The maximum absolute atomic E-state index is 12.0. The summed E-state index contributed by atoms with van der Waals surface area (Å²) in [6.07, 6.45) is 2.41. The van der Waals surface area contributed by atoms with Gasteiger partial charge in [-0.25, -0.2) is 8.42 Å². The third-order valence-corrected chi connectivity index (χ3v) is 6.38. The molecule has 2 rings (SSSR count). The minimum absolute atomic E-state index is 0.0943. The first-order chi connectivity index (χ1) is 11.3. The summed E-state index contributed by atoms with van der Waals surface area (Å²) in [4.78, 5) is 12.1. The molecular weight excluding hydrogens is 339 g/mol. The maximum atomic E-state index is 12.0. The van der Waals surface area contributed by atoms with Crippen molar-refractivity contribution in [3.8, 4) is 0 Å². The molecule has 1 fully saturated rings. The van der Waals surface area contributed by atoms with Gasteiger partial charge in [-0.15, -0.1) is 0 Å². The molecule has 0 radical (unpaired) electrons. The van der Waals surface area contributed by atoms with E-state index in [0.717, 1.165) is 11.8 Å². The van der Waals surface area contributed by atoms with Gasteiger partial charge in [-0.3, -0.25) is 4.79 Å². The van der Waals surface area contributed by atoms with E-state index < -0.39 is 9.84 Å². The summed E-state index contributed by atoms with van der Waals surface area (Å²) in [6.45, 7) is 11.2. The van der Waals surface area contributed by atoms with Gasteiger partial charge in [0.2, 0.25) is 0 Å². The smallest absolute Gasteiger partial charge is 0.403 e. The van der Waals surface area contributed by atoms with E-state index in [1.807, 2.05) is 27.7 Å². The highest BCUT2D eigenvalue weighted by atomic mass is 32.2. The van der Waals surface area contributed by atoms with E-state index in [1.54, 1.807) is 13.0 Å². The number of Topliss-reactive ketones (excluding diaryl/α,β-unsaturated/α-hetero) is 1. The summed E-state index contributed by atoms with van der Waals surface area (Å²) in [7, 11) is -3.77. The molecule has 0 saturated carbocycles. The van der Waals surface area contributed by atoms with E-state index in [-0.39, 0.29) is 34.6 Å². The Balaban J connectivity index is 2.25. The molecule has 1 aliphatic heterocycles. The number of hydrogen-bond acceptors (Lipinski definition) is 5. The fourth-order valence-electron chi connectivity index (χ4n) is 3.10. The highest BCUT2D eigenvalue weighted by molar-refractivity contribution is 7.90. The first-order valence-electron chi connectivity index (χ1n) is 8.45. The second-order valence-electron chi connectivity index (χ2n) is 7.78. The van der Waals surface area contributed by atoms with Crippen molar-refractivity contribution in [1.29, 1.82) is 0 Å². The van der Waals surface area contributed by atoms with Crippen LogP contribution in [0.2, 0.25) is 6.32 Å². The van der Waals surface area contributed by atoms with Crippen LogP contribution in [0.4, 0.5) is 0 Å². The summed E-state index contributed by atoms with van der Waals surface area (Å²) < 4.78 is 35.9. The molecule has 0 aliphatic carbocycles. The number of rotatable bonds is 5. The van der Waals surface area contributed by atoms with Crippen LogP contribution in [-0.2, 0) is 25.6 Å². The van der Waals surface area contributed by atoms with E-state index >= 15 is 0 Å². The molecule has 1 heterocycles. The lowest BCUT2D eigenvalue weighted by Gasteiger charge is -2.32. The number of sulfone groups is 1. The van der Waals surface area contributed by atoms with Gasteiger partial charge in [-0.05, 0) is 71.5 Å². The Morgan fingerprint density at radius 1 is 1.12 bits per heavy atom. The second kappa shape index (κ2) is 6.52. The van der Waals surface area contributed by atoms with Crippen molar-refractivity contribution in [3.63, 3.8) is 0 Å². The van der Waals surface area contributed by atoms with Crippen LogP contribution < -0.4 is 0 Å². The van der Waals surface area contributed by atoms with E-state index in [2.05, 4.69) is 0 Å². The molecular formula is C18H27BO5S. The summed E-state index contributed by atoms with van der Waals surface area (Å²) in [5.74, 6) is -0.240. The normalized spacial score (nSPS) is 19.2. The predicted octanol–water partition coefficient (Wildman–Crippen LogP) is 3.24. The van der Waals surface area contributed by atoms with Crippen LogP contribution in [0.5, 0.6) is 0 Å². The topological polar surface area (TPSA) is 69.7 Å². The van der Waals surface area contributed by atoms with Crippen LogP contribution in [0.1, 0.15) is 56.1 Å². The standard InChI is InChI=1S/C18H27BO5S/c1-12-14(8-9-15(25(7,21)22)16(12)13(2)20)10-11-19-23-17(3,4)18(5,6)24-19/h8-9H,10-11H2,1-7H3. The molecule has 1 aromatic rings. The van der Waals surface area contributed by atoms with Crippen molar-refractivity contribution >= 4 is 22.7 Å². The zero-order valence-corrected chi connectivity index (χ0v) is 16.9. The summed E-state index contributed by atoms with van der Waals surface area (Å²) in [5, 5.41) is 0. The molecule has 1 aromatic carbocycles. The molecule has 0 atom stereocenters. The largest absolute Gasteiger partial charge is 0.458 e. The van der Waals surface area contributed by atoms with Gasteiger partial charge in [0.25, 0.3) is 0 Å². The SMILES string of the molecule is CC(=O)c1c(S(C)(=O)=O)ccc(CCB2OC(C)(C)C(C)(C)O2)c1C. The Morgan fingerprint density at radius 3 is 2.08 bits per heavy atom. The number of carbonyl (C=O) groups is 1. The average Bonchev–Trinajstić information content (AvgIpc) is 2.63. The Morgan fingerprint density at radius 2 is 1.64 bits per heavy atom. The summed E-state index contributed by atoms with van der Waals surface area (Å²) in [6, 6.07) is 3.31. The zero-order chi connectivity index (χ0) is 19.2. The van der Waals surface area contributed by atoms with Crippen molar-refractivity contribution in [2.24, 2.45) is 0 Å². The van der Waals surface area contributed by atoms with Crippen LogP contribution >= 0.6 is 0 Å². The average molecular weight is 366 g/mol. The van der Waals surface area contributed by atoms with Crippen LogP contribution in [0.25, 0.3) is 0 Å². The molecule has 1 saturated heterocycles. The highest BCUT2D eigenvalue weighted by Gasteiger charge is 2.50. The van der Waals surface area contributed by atoms with Crippen molar-refractivity contribution in [2.45, 2.75) is 70.4 Å². The third kappa shape index (κ3) is 3.99. The number of aryl methyl sites for hydroxylation is 1. The van der Waals surface area contributed by atoms with Gasteiger partial charge in [0.1, 0.15) is 0 Å². The lowest BCUT2D eigenvalue weighted by atomic mass is 9.80. The molecule has 1 aliphatic rings. The Hall–Kier alpha value is -1.18. The van der Waals surface area contributed by atoms with Gasteiger partial charge >= 0.3 is 7.12 Å². The van der Waals surface area contributed by atoms with Gasteiger partial charge in [0, 0.05) is 11.8 Å². The van der Waals surface area contributed by atoms with Gasteiger partial charge in [-0.2, -0.15) is 0 Å². The maximum Gasteiger partial charge on any atom is 0.458 e. The third-order valence-electron chi connectivity index (χ3n) is 5.24. The first kappa shape index (κ1) is 20.1. The molecule has 0 amide bonds. The fourth-order valence-corrected chi connectivity index (χ4v) is 4.09. The van der Waals surface area contributed by atoms with Crippen molar-refractivity contribution in [3.05, 3.63) is 28.8 Å². The van der Waals surface area contributed by atoms with Crippen molar-refractivity contribution < 1.29 is 22.5 Å². The Kier molecular flexibility index (Phi) is 5.26. The molecule has 138 valence electrons. The molecule has 0 unspecified atom stereocenters. The van der Waals surface area contributed by atoms with E-state index in [4.69, 9.17) is 9.31 Å². The minimum Gasteiger partial charge on any atom is -0.403 e. The number of benzene rings is 1. The second-order valence-corrected chi connectivity index (χ2v) is 9.76. The number of hydrogen-bond donors (Lipinski definition) is 0. The van der Waals surface area contributed by atoms with Crippen molar-refractivity contribution in [2.75, 3.05) is 6.26 Å². The lowest BCUT2D eigenvalue weighted by molar-refractivity contribution is 0.00578. The molecule has 5 nitrogen and oxygen atoms in total. The molecule has 7 heteroatoms. The molecule has 0 aromatic heterocycles. The lowest BCUT2D eigenvalue weighted by Crippen LogP contribution is -2.41. The first-order valence-corrected chi connectivity index (χ1v) is 10.3. The quantitative estimate of drug-likeness (QED) is 0.591. The Labute approximate surface area is 151 Å². The molecule has 0 N–H and O–H groups in total. The number of ketones is 1. The minimum atomic E-state index is -3.45.